The molecular weight excluding hydrogens is 360 g/mol. The highest BCUT2D eigenvalue weighted by Crippen LogP contribution is 2.25. The van der Waals surface area contributed by atoms with Gasteiger partial charge in [0, 0.05) is 24.3 Å². The number of carbonyl (C=O) groups is 1. The third-order valence-corrected chi connectivity index (χ3v) is 6.42. The van der Waals surface area contributed by atoms with Crippen LogP contribution in [-0.2, 0) is 22.9 Å². The van der Waals surface area contributed by atoms with Gasteiger partial charge in [-0.25, -0.2) is 8.42 Å². The lowest BCUT2D eigenvalue weighted by atomic mass is 9.92. The Morgan fingerprint density at radius 3 is 2.41 bits per heavy atom. The molecule has 0 aliphatic heterocycles. The molecule has 0 unspecified atom stereocenters. The minimum atomic E-state index is -3.70. The fourth-order valence-electron chi connectivity index (χ4n) is 3.50. The zero-order valence-electron chi connectivity index (χ0n) is 15.9. The summed E-state index contributed by atoms with van der Waals surface area (Å²) in [7, 11) is -3.70. The van der Waals surface area contributed by atoms with Crippen molar-refractivity contribution in [1.82, 2.24) is 4.90 Å². The molecule has 2 aromatic carbocycles. The predicted octanol–water partition coefficient (Wildman–Crippen LogP) is 3.85. The summed E-state index contributed by atoms with van der Waals surface area (Å²) >= 11 is 0. The first kappa shape index (κ1) is 19.4. The van der Waals surface area contributed by atoms with E-state index < -0.39 is 10.0 Å². The van der Waals surface area contributed by atoms with Crippen molar-refractivity contribution in [3.8, 4) is 0 Å². The topological polar surface area (TPSA) is 66.5 Å². The molecule has 0 saturated carbocycles. The van der Waals surface area contributed by atoms with Gasteiger partial charge in [-0.3, -0.25) is 9.52 Å². The normalized spacial score (nSPS) is 13.7. The van der Waals surface area contributed by atoms with Crippen LogP contribution < -0.4 is 4.72 Å². The maximum Gasteiger partial charge on any atom is 0.261 e. The van der Waals surface area contributed by atoms with E-state index in [-0.39, 0.29) is 10.8 Å². The van der Waals surface area contributed by atoms with Crippen LogP contribution in [0.1, 0.15) is 48.2 Å². The SMILES string of the molecule is CCN(CC)C(=O)c1cccc(NS(=O)(=O)c2ccc3c(c2)CCCC3)c1. The minimum Gasteiger partial charge on any atom is -0.339 e. The van der Waals surface area contributed by atoms with E-state index in [2.05, 4.69) is 4.72 Å². The highest BCUT2D eigenvalue weighted by Gasteiger charge is 2.19. The van der Waals surface area contributed by atoms with Crippen LogP contribution in [-0.4, -0.2) is 32.3 Å². The van der Waals surface area contributed by atoms with Gasteiger partial charge in [-0.05, 0) is 81.0 Å². The molecule has 0 saturated heterocycles. The van der Waals surface area contributed by atoms with Crippen LogP contribution in [0.2, 0.25) is 0 Å². The van der Waals surface area contributed by atoms with E-state index in [1.54, 1.807) is 41.3 Å². The van der Waals surface area contributed by atoms with Crippen LogP contribution in [0.3, 0.4) is 0 Å². The summed E-state index contributed by atoms with van der Waals surface area (Å²) in [6, 6.07) is 12.0. The maximum absolute atomic E-state index is 12.8. The maximum atomic E-state index is 12.8. The fraction of sp³-hybridized carbons (Fsp3) is 0.381. The van der Waals surface area contributed by atoms with E-state index in [1.165, 1.54) is 5.56 Å². The van der Waals surface area contributed by atoms with Crippen molar-refractivity contribution < 1.29 is 13.2 Å². The first-order valence-corrected chi connectivity index (χ1v) is 11.0. The van der Waals surface area contributed by atoms with Crippen molar-refractivity contribution in [2.75, 3.05) is 17.8 Å². The van der Waals surface area contributed by atoms with Gasteiger partial charge in [-0.2, -0.15) is 0 Å². The number of benzene rings is 2. The van der Waals surface area contributed by atoms with Gasteiger partial charge in [0.15, 0.2) is 0 Å². The van der Waals surface area contributed by atoms with E-state index in [1.807, 2.05) is 19.9 Å². The summed E-state index contributed by atoms with van der Waals surface area (Å²) in [5.74, 6) is -0.102. The van der Waals surface area contributed by atoms with Gasteiger partial charge in [0.2, 0.25) is 0 Å². The Bertz CT molecular complexity index is 934. The summed E-state index contributed by atoms with van der Waals surface area (Å²) < 4.78 is 28.2. The Labute approximate surface area is 161 Å². The lowest BCUT2D eigenvalue weighted by molar-refractivity contribution is 0.0773. The summed E-state index contributed by atoms with van der Waals surface area (Å²) in [5, 5.41) is 0. The lowest BCUT2D eigenvalue weighted by Crippen LogP contribution is -2.30. The number of fused-ring (bicyclic) bond motifs is 1. The first-order valence-electron chi connectivity index (χ1n) is 9.48. The van der Waals surface area contributed by atoms with Crippen molar-refractivity contribution in [1.29, 1.82) is 0 Å². The molecule has 1 aliphatic carbocycles. The van der Waals surface area contributed by atoms with E-state index in [4.69, 9.17) is 0 Å². The average Bonchev–Trinajstić information content (AvgIpc) is 2.68. The van der Waals surface area contributed by atoms with Crippen LogP contribution in [0.25, 0.3) is 0 Å². The molecule has 0 fully saturated rings. The van der Waals surface area contributed by atoms with E-state index in [9.17, 15) is 13.2 Å². The fourth-order valence-corrected chi connectivity index (χ4v) is 4.60. The number of hydrogen-bond acceptors (Lipinski definition) is 3. The van der Waals surface area contributed by atoms with Gasteiger partial charge in [-0.1, -0.05) is 12.1 Å². The van der Waals surface area contributed by atoms with Crippen LogP contribution in [0.15, 0.2) is 47.4 Å². The molecule has 1 amide bonds. The van der Waals surface area contributed by atoms with Gasteiger partial charge < -0.3 is 4.90 Å². The molecule has 0 heterocycles. The number of sulfonamides is 1. The van der Waals surface area contributed by atoms with Gasteiger partial charge in [0.1, 0.15) is 0 Å². The predicted molar refractivity (Wildman–Crippen MR) is 108 cm³/mol. The number of amides is 1. The molecule has 0 radical (unpaired) electrons. The Balaban J connectivity index is 1.84. The molecule has 0 spiro atoms. The van der Waals surface area contributed by atoms with Crippen LogP contribution in [0.4, 0.5) is 5.69 Å². The monoisotopic (exact) mass is 386 g/mol. The molecule has 6 heteroatoms. The molecule has 1 aliphatic rings. The van der Waals surface area contributed by atoms with Crippen LogP contribution in [0.5, 0.6) is 0 Å². The minimum absolute atomic E-state index is 0.102. The second kappa shape index (κ2) is 8.13. The molecule has 1 N–H and O–H groups in total. The Morgan fingerprint density at radius 1 is 1.00 bits per heavy atom. The molecule has 0 atom stereocenters. The molecule has 0 bridgehead atoms. The number of nitrogens with one attached hydrogen (secondary N) is 1. The Kier molecular flexibility index (Phi) is 5.85. The zero-order chi connectivity index (χ0) is 19.4. The van der Waals surface area contributed by atoms with Crippen molar-refractivity contribution in [3.63, 3.8) is 0 Å². The number of aryl methyl sites for hydroxylation is 2. The van der Waals surface area contributed by atoms with Gasteiger partial charge in [0.25, 0.3) is 15.9 Å². The summed E-state index contributed by atoms with van der Waals surface area (Å²) in [5.41, 5.74) is 3.23. The number of anilines is 1. The second-order valence-corrected chi connectivity index (χ2v) is 8.48. The quantitative estimate of drug-likeness (QED) is 0.820. The van der Waals surface area contributed by atoms with E-state index >= 15 is 0 Å². The van der Waals surface area contributed by atoms with Crippen molar-refractivity contribution in [2.45, 2.75) is 44.4 Å². The van der Waals surface area contributed by atoms with Gasteiger partial charge in [0.05, 0.1) is 4.90 Å². The molecular formula is C21H26N2O3S. The molecule has 3 rings (SSSR count). The summed E-state index contributed by atoms with van der Waals surface area (Å²) in [4.78, 5) is 14.5. The van der Waals surface area contributed by atoms with E-state index in [0.29, 0.717) is 24.3 Å². The number of hydrogen-bond donors (Lipinski definition) is 1. The van der Waals surface area contributed by atoms with Crippen molar-refractivity contribution in [2.24, 2.45) is 0 Å². The third-order valence-electron chi connectivity index (χ3n) is 5.04. The smallest absolute Gasteiger partial charge is 0.261 e. The number of nitrogens with zero attached hydrogens (tertiary/aromatic N) is 1. The largest absolute Gasteiger partial charge is 0.339 e. The molecule has 144 valence electrons. The number of carbonyl (C=O) groups excluding carboxylic acids is 1. The van der Waals surface area contributed by atoms with Crippen LogP contribution >= 0.6 is 0 Å². The van der Waals surface area contributed by atoms with Crippen LogP contribution in [0, 0.1) is 0 Å². The van der Waals surface area contributed by atoms with Crippen molar-refractivity contribution >= 4 is 21.6 Å². The molecule has 0 aromatic heterocycles. The van der Waals surface area contributed by atoms with Gasteiger partial charge >= 0.3 is 0 Å². The lowest BCUT2D eigenvalue weighted by Gasteiger charge is -2.19. The summed E-state index contributed by atoms with van der Waals surface area (Å²) in [6.07, 6.45) is 4.19. The molecule has 2 aromatic rings. The van der Waals surface area contributed by atoms with Gasteiger partial charge in [-0.15, -0.1) is 0 Å². The third kappa shape index (κ3) is 4.33. The first-order chi connectivity index (χ1) is 12.9. The highest BCUT2D eigenvalue weighted by atomic mass is 32.2. The average molecular weight is 387 g/mol. The number of rotatable bonds is 6. The molecule has 27 heavy (non-hydrogen) atoms. The highest BCUT2D eigenvalue weighted by molar-refractivity contribution is 7.92. The second-order valence-electron chi connectivity index (χ2n) is 6.80. The Morgan fingerprint density at radius 2 is 1.70 bits per heavy atom. The van der Waals surface area contributed by atoms with Crippen molar-refractivity contribution in [3.05, 3.63) is 59.2 Å². The zero-order valence-corrected chi connectivity index (χ0v) is 16.7. The summed E-state index contributed by atoms with van der Waals surface area (Å²) in [6.45, 7) is 5.06. The Hall–Kier alpha value is -2.34. The van der Waals surface area contributed by atoms with E-state index in [0.717, 1.165) is 31.2 Å². The standard InChI is InChI=1S/C21H26N2O3S/c1-3-23(4-2)21(24)18-10-7-11-19(14-18)22-27(25,26)20-13-12-16-8-5-6-9-17(16)15-20/h7,10-15,22H,3-6,8-9H2,1-2H3. The molecule has 5 nitrogen and oxygen atoms in total.